The SMILES string of the molecule is O=C1/C(=C/c2cc(Cl)cc(Cl)c2OCc2ccccc2F)SC(=S)N1Cc1ccccc1. The Morgan fingerprint density at radius 2 is 1.78 bits per heavy atom. The van der Waals surface area contributed by atoms with E-state index in [2.05, 4.69) is 0 Å². The van der Waals surface area contributed by atoms with Crippen LogP contribution in [-0.4, -0.2) is 15.1 Å². The van der Waals surface area contributed by atoms with Crippen molar-refractivity contribution in [2.24, 2.45) is 0 Å². The van der Waals surface area contributed by atoms with Gasteiger partial charge in [0, 0.05) is 16.1 Å². The summed E-state index contributed by atoms with van der Waals surface area (Å²) >= 11 is 19.2. The Balaban J connectivity index is 1.61. The molecule has 1 heterocycles. The van der Waals surface area contributed by atoms with Crippen LogP contribution in [0.5, 0.6) is 5.75 Å². The number of thioether (sulfide) groups is 1. The molecule has 8 heteroatoms. The van der Waals surface area contributed by atoms with Gasteiger partial charge >= 0.3 is 0 Å². The lowest BCUT2D eigenvalue weighted by Crippen LogP contribution is -2.27. The predicted molar refractivity (Wildman–Crippen MR) is 132 cm³/mol. The predicted octanol–water partition coefficient (Wildman–Crippen LogP) is 7.11. The van der Waals surface area contributed by atoms with Crippen LogP contribution >= 0.6 is 47.2 Å². The molecule has 3 nitrogen and oxygen atoms in total. The van der Waals surface area contributed by atoms with E-state index in [1.807, 2.05) is 30.3 Å². The largest absolute Gasteiger partial charge is 0.487 e. The van der Waals surface area contributed by atoms with Crippen molar-refractivity contribution >= 4 is 63.5 Å². The van der Waals surface area contributed by atoms with Gasteiger partial charge in [0.05, 0.1) is 16.5 Å². The van der Waals surface area contributed by atoms with Crippen molar-refractivity contribution in [1.82, 2.24) is 4.90 Å². The maximum atomic E-state index is 14.0. The molecule has 4 rings (SSSR count). The van der Waals surface area contributed by atoms with Crippen LogP contribution in [0.1, 0.15) is 16.7 Å². The van der Waals surface area contributed by atoms with Gasteiger partial charge in [-0.3, -0.25) is 9.69 Å². The average molecular weight is 504 g/mol. The number of thiocarbonyl (C=S) groups is 1. The lowest BCUT2D eigenvalue weighted by molar-refractivity contribution is -0.122. The molecule has 1 aliphatic heterocycles. The van der Waals surface area contributed by atoms with Gasteiger partial charge in [0.15, 0.2) is 0 Å². The van der Waals surface area contributed by atoms with Crippen molar-refractivity contribution in [2.45, 2.75) is 13.2 Å². The number of ether oxygens (including phenoxy) is 1. The molecule has 0 atom stereocenters. The standard InChI is InChI=1S/C24H16Cl2FNO2S2/c25-18-10-17(22(19(26)12-18)30-14-16-8-4-5-9-20(16)27)11-21-23(29)28(24(31)32-21)13-15-6-2-1-3-7-15/h1-12H,13-14H2/b21-11-. The van der Waals surface area contributed by atoms with Crippen molar-refractivity contribution in [2.75, 3.05) is 0 Å². The molecule has 1 amide bonds. The fourth-order valence-corrected chi connectivity index (χ4v) is 4.96. The molecule has 0 N–H and O–H groups in total. The zero-order valence-electron chi connectivity index (χ0n) is 16.6. The lowest BCUT2D eigenvalue weighted by Gasteiger charge is -2.14. The first-order chi connectivity index (χ1) is 15.4. The molecule has 32 heavy (non-hydrogen) atoms. The molecule has 3 aromatic carbocycles. The average Bonchev–Trinajstić information content (AvgIpc) is 3.02. The molecule has 1 aliphatic rings. The van der Waals surface area contributed by atoms with E-state index in [-0.39, 0.29) is 23.4 Å². The van der Waals surface area contributed by atoms with Crippen molar-refractivity contribution < 1.29 is 13.9 Å². The van der Waals surface area contributed by atoms with Crippen LogP contribution in [0.4, 0.5) is 4.39 Å². The minimum atomic E-state index is -0.374. The number of benzene rings is 3. The summed E-state index contributed by atoms with van der Waals surface area (Å²) < 4.78 is 20.3. The van der Waals surface area contributed by atoms with Gasteiger partial charge in [-0.2, -0.15) is 0 Å². The van der Waals surface area contributed by atoms with E-state index < -0.39 is 0 Å². The molecule has 1 saturated heterocycles. The van der Waals surface area contributed by atoms with E-state index in [9.17, 15) is 9.18 Å². The smallest absolute Gasteiger partial charge is 0.266 e. The minimum Gasteiger partial charge on any atom is -0.487 e. The number of amides is 1. The molecule has 1 fully saturated rings. The Kier molecular flexibility index (Phi) is 7.16. The second kappa shape index (κ2) is 10.0. The summed E-state index contributed by atoms with van der Waals surface area (Å²) in [5.41, 5.74) is 1.88. The molecule has 0 aromatic heterocycles. The van der Waals surface area contributed by atoms with Crippen LogP contribution in [-0.2, 0) is 17.9 Å². The highest BCUT2D eigenvalue weighted by atomic mass is 35.5. The third kappa shape index (κ3) is 5.15. The molecular weight excluding hydrogens is 488 g/mol. The zero-order valence-corrected chi connectivity index (χ0v) is 19.7. The minimum absolute atomic E-state index is 0.0240. The highest BCUT2D eigenvalue weighted by molar-refractivity contribution is 8.26. The number of halogens is 3. The van der Waals surface area contributed by atoms with Crippen LogP contribution in [0.25, 0.3) is 6.08 Å². The summed E-state index contributed by atoms with van der Waals surface area (Å²) in [4.78, 5) is 15.0. The summed E-state index contributed by atoms with van der Waals surface area (Å²) in [5.74, 6) is -0.270. The van der Waals surface area contributed by atoms with Gasteiger partial charge in [-0.05, 0) is 29.8 Å². The molecule has 0 saturated carbocycles. The van der Waals surface area contributed by atoms with Crippen LogP contribution in [0, 0.1) is 5.82 Å². The fraction of sp³-hybridized carbons (Fsp3) is 0.0833. The summed E-state index contributed by atoms with van der Waals surface area (Å²) in [6.07, 6.45) is 1.65. The number of carbonyl (C=O) groups excluding carboxylic acids is 1. The Bertz CT molecular complexity index is 1220. The monoisotopic (exact) mass is 503 g/mol. The Morgan fingerprint density at radius 1 is 1.06 bits per heavy atom. The Labute approximate surface area is 204 Å². The van der Waals surface area contributed by atoms with Gasteiger partial charge in [0.25, 0.3) is 5.91 Å². The first kappa shape index (κ1) is 22.8. The molecule has 0 bridgehead atoms. The Morgan fingerprint density at radius 3 is 2.53 bits per heavy atom. The number of hydrogen-bond acceptors (Lipinski definition) is 4. The van der Waals surface area contributed by atoms with Crippen molar-refractivity contribution in [3.63, 3.8) is 0 Å². The third-order valence-electron chi connectivity index (χ3n) is 4.71. The second-order valence-corrected chi connectivity index (χ2v) is 9.46. The normalized spacial score (nSPS) is 15.0. The van der Waals surface area contributed by atoms with Gasteiger partial charge < -0.3 is 4.74 Å². The maximum Gasteiger partial charge on any atom is 0.266 e. The van der Waals surface area contributed by atoms with Crippen molar-refractivity contribution in [3.8, 4) is 5.75 Å². The first-order valence-electron chi connectivity index (χ1n) is 9.57. The molecule has 0 radical (unpaired) electrons. The molecule has 162 valence electrons. The summed E-state index contributed by atoms with van der Waals surface area (Å²) in [5, 5.41) is 0.652. The molecule has 0 aliphatic carbocycles. The highest BCUT2D eigenvalue weighted by Gasteiger charge is 2.32. The highest BCUT2D eigenvalue weighted by Crippen LogP contribution is 2.39. The summed E-state index contributed by atoms with van der Waals surface area (Å²) in [6, 6.07) is 19.1. The molecular formula is C24H16Cl2FNO2S2. The third-order valence-corrected chi connectivity index (χ3v) is 6.59. The number of hydrogen-bond donors (Lipinski definition) is 0. The van der Waals surface area contributed by atoms with Gasteiger partial charge in [-0.15, -0.1) is 0 Å². The van der Waals surface area contributed by atoms with Gasteiger partial charge in [0.2, 0.25) is 0 Å². The van der Waals surface area contributed by atoms with E-state index in [0.717, 1.165) is 5.56 Å². The van der Waals surface area contributed by atoms with Crippen molar-refractivity contribution in [1.29, 1.82) is 0 Å². The van der Waals surface area contributed by atoms with Crippen molar-refractivity contribution in [3.05, 3.63) is 104 Å². The summed E-state index contributed by atoms with van der Waals surface area (Å²) in [7, 11) is 0. The number of carbonyl (C=O) groups is 1. The Hall–Kier alpha value is -2.38. The van der Waals surface area contributed by atoms with E-state index in [4.69, 9.17) is 40.2 Å². The van der Waals surface area contributed by atoms with Crippen LogP contribution in [0.3, 0.4) is 0 Å². The van der Waals surface area contributed by atoms with Crippen LogP contribution < -0.4 is 4.74 Å². The zero-order chi connectivity index (χ0) is 22.7. The topological polar surface area (TPSA) is 29.5 Å². The number of nitrogens with zero attached hydrogens (tertiary/aromatic N) is 1. The fourth-order valence-electron chi connectivity index (χ4n) is 3.15. The van der Waals surface area contributed by atoms with Gasteiger partial charge in [-0.25, -0.2) is 4.39 Å². The van der Waals surface area contributed by atoms with Crippen LogP contribution in [0.15, 0.2) is 71.6 Å². The van der Waals surface area contributed by atoms with Gasteiger partial charge in [-0.1, -0.05) is 95.7 Å². The van der Waals surface area contributed by atoms with E-state index >= 15 is 0 Å². The second-order valence-electron chi connectivity index (χ2n) is 6.94. The molecule has 0 unspecified atom stereocenters. The lowest BCUT2D eigenvalue weighted by atomic mass is 10.1. The number of rotatable bonds is 6. The quantitative estimate of drug-likeness (QED) is 0.264. The first-order valence-corrected chi connectivity index (χ1v) is 11.5. The molecule has 0 spiro atoms. The summed E-state index contributed by atoms with van der Waals surface area (Å²) in [6.45, 7) is 0.361. The van der Waals surface area contributed by atoms with Crippen LogP contribution in [0.2, 0.25) is 10.0 Å². The molecule has 3 aromatic rings. The van der Waals surface area contributed by atoms with E-state index in [1.165, 1.54) is 23.9 Å². The maximum absolute atomic E-state index is 14.0. The van der Waals surface area contributed by atoms with E-state index in [0.29, 0.717) is 37.7 Å². The van der Waals surface area contributed by atoms with Gasteiger partial charge in [0.1, 0.15) is 22.5 Å². The van der Waals surface area contributed by atoms with E-state index in [1.54, 1.807) is 35.2 Å².